The van der Waals surface area contributed by atoms with Gasteiger partial charge in [0.25, 0.3) is 0 Å². The minimum absolute atomic E-state index is 0.758. The van der Waals surface area contributed by atoms with Gasteiger partial charge >= 0.3 is 0 Å². The standard InChI is InChI=1S/C23H19ClOS2/c1-2-15-25-19-9-7-17(8-10-19)16-3-5-18(6-4-16)20-11-12-21(26-20)22-13-14-23(24)27-22/h3-14H,2,15H2,1H3. The van der Waals surface area contributed by atoms with Crippen molar-refractivity contribution in [1.29, 1.82) is 0 Å². The van der Waals surface area contributed by atoms with E-state index in [9.17, 15) is 0 Å². The molecule has 0 aliphatic rings. The largest absolute Gasteiger partial charge is 0.494 e. The zero-order valence-electron chi connectivity index (χ0n) is 14.9. The van der Waals surface area contributed by atoms with E-state index < -0.39 is 0 Å². The summed E-state index contributed by atoms with van der Waals surface area (Å²) in [7, 11) is 0. The molecule has 27 heavy (non-hydrogen) atoms. The third-order valence-electron chi connectivity index (χ3n) is 4.25. The SMILES string of the molecule is CCCOc1ccc(-c2ccc(-c3ccc(-c4ccc(Cl)s4)s3)cc2)cc1. The summed E-state index contributed by atoms with van der Waals surface area (Å²) in [5.74, 6) is 0.928. The molecule has 136 valence electrons. The van der Waals surface area contributed by atoms with Crippen LogP contribution in [-0.2, 0) is 0 Å². The van der Waals surface area contributed by atoms with Crippen molar-refractivity contribution in [3.63, 3.8) is 0 Å². The highest BCUT2D eigenvalue weighted by Gasteiger charge is 2.08. The predicted octanol–water partition coefficient (Wildman–Crippen LogP) is 8.25. The van der Waals surface area contributed by atoms with E-state index in [2.05, 4.69) is 61.5 Å². The van der Waals surface area contributed by atoms with Gasteiger partial charge in [-0.15, -0.1) is 22.7 Å². The van der Waals surface area contributed by atoms with Crippen molar-refractivity contribution < 1.29 is 4.74 Å². The maximum absolute atomic E-state index is 6.06. The van der Waals surface area contributed by atoms with Crippen molar-refractivity contribution in [1.82, 2.24) is 0 Å². The van der Waals surface area contributed by atoms with E-state index >= 15 is 0 Å². The van der Waals surface area contributed by atoms with Crippen molar-refractivity contribution in [3.05, 3.63) is 77.1 Å². The Morgan fingerprint density at radius 1 is 0.667 bits per heavy atom. The van der Waals surface area contributed by atoms with Gasteiger partial charge in [0.15, 0.2) is 0 Å². The second-order valence-electron chi connectivity index (χ2n) is 6.22. The van der Waals surface area contributed by atoms with Crippen LogP contribution in [0.15, 0.2) is 72.8 Å². The van der Waals surface area contributed by atoms with E-state index in [4.69, 9.17) is 16.3 Å². The van der Waals surface area contributed by atoms with E-state index in [1.165, 1.54) is 31.3 Å². The van der Waals surface area contributed by atoms with E-state index in [0.717, 1.165) is 23.1 Å². The molecule has 0 unspecified atom stereocenters. The summed E-state index contributed by atoms with van der Waals surface area (Å²) in [6, 6.07) is 25.4. The molecule has 4 rings (SSSR count). The lowest BCUT2D eigenvalue weighted by atomic mass is 10.0. The van der Waals surface area contributed by atoms with Gasteiger partial charge in [0.05, 0.1) is 10.9 Å². The topological polar surface area (TPSA) is 9.23 Å². The molecule has 0 radical (unpaired) electrons. The van der Waals surface area contributed by atoms with Crippen molar-refractivity contribution in [2.24, 2.45) is 0 Å². The number of hydrogen-bond acceptors (Lipinski definition) is 3. The molecule has 2 aromatic carbocycles. The van der Waals surface area contributed by atoms with E-state index in [-0.39, 0.29) is 0 Å². The summed E-state index contributed by atoms with van der Waals surface area (Å²) in [6.07, 6.45) is 1.02. The highest BCUT2D eigenvalue weighted by Crippen LogP contribution is 2.39. The Balaban J connectivity index is 1.51. The van der Waals surface area contributed by atoms with Crippen molar-refractivity contribution in [2.45, 2.75) is 13.3 Å². The Bertz CT molecular complexity index is 1010. The zero-order chi connectivity index (χ0) is 18.6. The molecule has 2 heterocycles. The Labute approximate surface area is 172 Å². The lowest BCUT2D eigenvalue weighted by Gasteiger charge is -2.07. The van der Waals surface area contributed by atoms with Crippen molar-refractivity contribution in [3.8, 4) is 37.1 Å². The quantitative estimate of drug-likeness (QED) is 0.311. The van der Waals surface area contributed by atoms with Crippen LogP contribution in [0.25, 0.3) is 31.3 Å². The summed E-state index contributed by atoms with van der Waals surface area (Å²) in [5.41, 5.74) is 3.65. The van der Waals surface area contributed by atoms with Crippen molar-refractivity contribution in [2.75, 3.05) is 6.61 Å². The van der Waals surface area contributed by atoms with Gasteiger partial charge in [-0.25, -0.2) is 0 Å². The minimum Gasteiger partial charge on any atom is -0.494 e. The second kappa shape index (κ2) is 8.30. The van der Waals surface area contributed by atoms with Crippen LogP contribution in [0.2, 0.25) is 4.34 Å². The number of hydrogen-bond donors (Lipinski definition) is 0. The number of halogens is 1. The second-order valence-corrected chi connectivity index (χ2v) is 9.02. The molecule has 0 aliphatic carbocycles. The predicted molar refractivity (Wildman–Crippen MR) is 119 cm³/mol. The molecular formula is C23H19ClOS2. The van der Waals surface area contributed by atoms with E-state index in [1.54, 1.807) is 22.7 Å². The molecule has 0 spiro atoms. The number of ether oxygens (including phenoxy) is 1. The molecule has 4 aromatic rings. The first-order valence-electron chi connectivity index (χ1n) is 8.92. The van der Waals surface area contributed by atoms with Gasteiger partial charge in [-0.05, 0) is 59.5 Å². The Morgan fingerprint density at radius 3 is 1.85 bits per heavy atom. The van der Waals surface area contributed by atoms with E-state index in [1.807, 2.05) is 18.2 Å². The molecule has 0 N–H and O–H groups in total. The van der Waals surface area contributed by atoms with Crippen molar-refractivity contribution >= 4 is 34.3 Å². The average Bonchev–Trinajstić information content (AvgIpc) is 3.36. The van der Waals surface area contributed by atoms with Crippen LogP contribution < -0.4 is 4.74 Å². The summed E-state index contributed by atoms with van der Waals surface area (Å²) >= 11 is 9.48. The number of benzene rings is 2. The summed E-state index contributed by atoms with van der Waals surface area (Å²) in [4.78, 5) is 3.75. The molecule has 4 heteroatoms. The summed E-state index contributed by atoms with van der Waals surface area (Å²) in [6.45, 7) is 2.87. The minimum atomic E-state index is 0.758. The van der Waals surface area contributed by atoms with Gasteiger partial charge in [0.1, 0.15) is 5.75 Å². The molecule has 0 atom stereocenters. The lowest BCUT2D eigenvalue weighted by Crippen LogP contribution is -1.94. The smallest absolute Gasteiger partial charge is 0.119 e. The number of rotatable bonds is 6. The fraction of sp³-hybridized carbons (Fsp3) is 0.130. The number of thiophene rings is 2. The van der Waals surface area contributed by atoms with Gasteiger partial charge < -0.3 is 4.74 Å². The molecule has 0 aliphatic heterocycles. The maximum Gasteiger partial charge on any atom is 0.119 e. The Kier molecular flexibility index (Phi) is 5.63. The van der Waals surface area contributed by atoms with Gasteiger partial charge in [-0.1, -0.05) is 54.9 Å². The van der Waals surface area contributed by atoms with E-state index in [0.29, 0.717) is 0 Å². The molecule has 0 amide bonds. The third-order valence-corrected chi connectivity index (χ3v) is 6.81. The fourth-order valence-corrected chi connectivity index (χ4v) is 5.01. The highest BCUT2D eigenvalue weighted by molar-refractivity contribution is 7.25. The molecule has 0 saturated heterocycles. The Morgan fingerprint density at radius 2 is 1.22 bits per heavy atom. The monoisotopic (exact) mass is 410 g/mol. The van der Waals surface area contributed by atoms with Crippen LogP contribution in [0, 0.1) is 0 Å². The molecule has 0 bridgehead atoms. The molecule has 0 saturated carbocycles. The third kappa shape index (κ3) is 4.27. The molecule has 2 aromatic heterocycles. The first kappa shape index (κ1) is 18.3. The molecule has 1 nitrogen and oxygen atoms in total. The first-order valence-corrected chi connectivity index (χ1v) is 10.9. The highest BCUT2D eigenvalue weighted by atomic mass is 35.5. The first-order chi connectivity index (χ1) is 13.2. The van der Waals surface area contributed by atoms with Gasteiger partial charge in [0, 0.05) is 14.6 Å². The molecule has 0 fully saturated rings. The summed E-state index contributed by atoms with van der Waals surface area (Å²) in [5, 5.41) is 0. The Hall–Kier alpha value is -2.07. The average molecular weight is 411 g/mol. The van der Waals surface area contributed by atoms with Gasteiger partial charge in [0.2, 0.25) is 0 Å². The fourth-order valence-electron chi connectivity index (χ4n) is 2.86. The summed E-state index contributed by atoms with van der Waals surface area (Å²) < 4.78 is 6.49. The van der Waals surface area contributed by atoms with Crippen LogP contribution in [0.4, 0.5) is 0 Å². The maximum atomic E-state index is 6.06. The molecular weight excluding hydrogens is 392 g/mol. The van der Waals surface area contributed by atoms with Crippen LogP contribution in [0.1, 0.15) is 13.3 Å². The van der Waals surface area contributed by atoms with Crippen LogP contribution >= 0.6 is 34.3 Å². The lowest BCUT2D eigenvalue weighted by molar-refractivity contribution is 0.317. The van der Waals surface area contributed by atoms with Gasteiger partial charge in [-0.3, -0.25) is 0 Å². The van der Waals surface area contributed by atoms with Crippen LogP contribution in [0.3, 0.4) is 0 Å². The zero-order valence-corrected chi connectivity index (χ0v) is 17.3. The van der Waals surface area contributed by atoms with Crippen LogP contribution in [0.5, 0.6) is 5.75 Å². The normalized spacial score (nSPS) is 10.9. The van der Waals surface area contributed by atoms with Gasteiger partial charge in [-0.2, -0.15) is 0 Å². The van der Waals surface area contributed by atoms with Crippen LogP contribution in [-0.4, -0.2) is 6.61 Å².